The topological polar surface area (TPSA) is 58.2 Å². The standard InChI is InChI=1S/C12H16F4N2O2S/c1-21(19,20)18-4-2-3-17-8-9-5-10(12(14,15)16)7-11(13)6-9/h5-7,17-18H,2-4,8H2,1H3. The van der Waals surface area contributed by atoms with Gasteiger partial charge in [-0.2, -0.15) is 13.2 Å². The fraction of sp³-hybridized carbons (Fsp3) is 0.500. The third-order valence-corrected chi connectivity index (χ3v) is 3.24. The third kappa shape index (κ3) is 7.39. The smallest absolute Gasteiger partial charge is 0.313 e. The number of hydrogen-bond acceptors (Lipinski definition) is 3. The van der Waals surface area contributed by atoms with Crippen LogP contribution in [0.1, 0.15) is 17.5 Å². The summed E-state index contributed by atoms with van der Waals surface area (Å²) in [4.78, 5) is 0. The first-order valence-electron chi connectivity index (χ1n) is 6.10. The van der Waals surface area contributed by atoms with E-state index in [4.69, 9.17) is 0 Å². The minimum absolute atomic E-state index is 0.0692. The lowest BCUT2D eigenvalue weighted by Gasteiger charge is -2.10. The first kappa shape index (κ1) is 17.9. The zero-order valence-electron chi connectivity index (χ0n) is 11.3. The fourth-order valence-electron chi connectivity index (χ4n) is 1.62. The van der Waals surface area contributed by atoms with Crippen molar-refractivity contribution in [3.8, 4) is 0 Å². The quantitative estimate of drug-likeness (QED) is 0.593. The summed E-state index contributed by atoms with van der Waals surface area (Å²) in [6.07, 6.45) is -3.09. The van der Waals surface area contributed by atoms with E-state index < -0.39 is 27.6 Å². The van der Waals surface area contributed by atoms with Gasteiger partial charge in [-0.05, 0) is 36.7 Å². The molecule has 0 heterocycles. The largest absolute Gasteiger partial charge is 0.416 e. The highest BCUT2D eigenvalue weighted by molar-refractivity contribution is 7.88. The summed E-state index contributed by atoms with van der Waals surface area (Å²) in [5, 5.41) is 2.82. The van der Waals surface area contributed by atoms with E-state index >= 15 is 0 Å². The average Bonchev–Trinajstić information content (AvgIpc) is 2.30. The molecule has 120 valence electrons. The van der Waals surface area contributed by atoms with Gasteiger partial charge in [0.15, 0.2) is 0 Å². The van der Waals surface area contributed by atoms with Crippen LogP contribution < -0.4 is 10.0 Å². The molecule has 0 saturated heterocycles. The second-order valence-electron chi connectivity index (χ2n) is 4.54. The third-order valence-electron chi connectivity index (χ3n) is 2.51. The fourth-order valence-corrected chi connectivity index (χ4v) is 2.13. The van der Waals surface area contributed by atoms with E-state index in [1.165, 1.54) is 0 Å². The second kappa shape index (κ2) is 7.19. The summed E-state index contributed by atoms with van der Waals surface area (Å²) in [6.45, 7) is 0.683. The molecular formula is C12H16F4N2O2S. The average molecular weight is 328 g/mol. The van der Waals surface area contributed by atoms with Crippen molar-refractivity contribution in [2.45, 2.75) is 19.1 Å². The van der Waals surface area contributed by atoms with Gasteiger partial charge in [0.1, 0.15) is 5.82 Å². The molecule has 0 fully saturated rings. The molecule has 1 rings (SSSR count). The lowest BCUT2D eigenvalue weighted by molar-refractivity contribution is -0.137. The molecule has 2 N–H and O–H groups in total. The summed E-state index contributed by atoms with van der Waals surface area (Å²) in [7, 11) is -3.24. The first-order chi connectivity index (χ1) is 9.58. The van der Waals surface area contributed by atoms with E-state index in [1.807, 2.05) is 0 Å². The van der Waals surface area contributed by atoms with Gasteiger partial charge in [-0.25, -0.2) is 17.5 Å². The van der Waals surface area contributed by atoms with E-state index in [0.29, 0.717) is 19.0 Å². The first-order valence-corrected chi connectivity index (χ1v) is 7.99. The molecule has 0 unspecified atom stereocenters. The van der Waals surface area contributed by atoms with Crippen LogP contribution in [0.15, 0.2) is 18.2 Å². The lowest BCUT2D eigenvalue weighted by atomic mass is 10.1. The maximum absolute atomic E-state index is 13.1. The second-order valence-corrected chi connectivity index (χ2v) is 6.38. The van der Waals surface area contributed by atoms with Crippen molar-refractivity contribution < 1.29 is 26.0 Å². The Balaban J connectivity index is 2.44. The van der Waals surface area contributed by atoms with Crippen LogP contribution >= 0.6 is 0 Å². The molecule has 9 heteroatoms. The number of alkyl halides is 3. The highest BCUT2D eigenvalue weighted by Gasteiger charge is 2.31. The monoisotopic (exact) mass is 328 g/mol. The van der Waals surface area contributed by atoms with Crippen molar-refractivity contribution in [1.29, 1.82) is 0 Å². The van der Waals surface area contributed by atoms with Gasteiger partial charge in [-0.1, -0.05) is 0 Å². The zero-order chi connectivity index (χ0) is 16.1. The summed E-state index contributed by atoms with van der Waals surface area (Å²) in [5.74, 6) is -0.944. The van der Waals surface area contributed by atoms with E-state index in [-0.39, 0.29) is 18.7 Å². The molecule has 4 nitrogen and oxygen atoms in total. The lowest BCUT2D eigenvalue weighted by Crippen LogP contribution is -2.26. The predicted molar refractivity (Wildman–Crippen MR) is 70.6 cm³/mol. The Hall–Kier alpha value is -1.19. The van der Waals surface area contributed by atoms with Crippen LogP contribution in [0, 0.1) is 5.82 Å². The van der Waals surface area contributed by atoms with Crippen LogP contribution in [-0.4, -0.2) is 27.8 Å². The number of halogens is 4. The van der Waals surface area contributed by atoms with Crippen LogP contribution in [0.2, 0.25) is 0 Å². The number of hydrogen-bond donors (Lipinski definition) is 2. The predicted octanol–water partition coefficient (Wildman–Crippen LogP) is 1.87. The minimum atomic E-state index is -4.59. The van der Waals surface area contributed by atoms with E-state index in [2.05, 4.69) is 10.0 Å². The van der Waals surface area contributed by atoms with Gasteiger partial charge in [-0.3, -0.25) is 0 Å². The van der Waals surface area contributed by atoms with Gasteiger partial charge < -0.3 is 5.32 Å². The summed E-state index contributed by atoms with van der Waals surface area (Å²) < 4.78 is 74.4. The highest BCUT2D eigenvalue weighted by Crippen LogP contribution is 2.30. The molecule has 1 aromatic carbocycles. The molecule has 0 aliphatic carbocycles. The molecule has 0 bridgehead atoms. The molecule has 0 atom stereocenters. The Bertz CT molecular complexity index is 573. The molecule has 0 saturated carbocycles. The van der Waals surface area contributed by atoms with Crippen molar-refractivity contribution in [2.24, 2.45) is 0 Å². The highest BCUT2D eigenvalue weighted by atomic mass is 32.2. The SMILES string of the molecule is CS(=O)(=O)NCCCNCc1cc(F)cc(C(F)(F)F)c1. The molecule has 0 aliphatic heterocycles. The molecule has 0 aliphatic rings. The van der Waals surface area contributed by atoms with Gasteiger partial charge in [-0.15, -0.1) is 0 Å². The number of sulfonamides is 1. The van der Waals surface area contributed by atoms with Gasteiger partial charge in [0.25, 0.3) is 0 Å². The van der Waals surface area contributed by atoms with Crippen molar-refractivity contribution >= 4 is 10.0 Å². The number of benzene rings is 1. The molecular weight excluding hydrogens is 312 g/mol. The Morgan fingerprint density at radius 3 is 2.38 bits per heavy atom. The summed E-state index contributed by atoms with van der Waals surface area (Å²) >= 11 is 0. The maximum atomic E-state index is 13.1. The van der Waals surface area contributed by atoms with Gasteiger partial charge in [0.2, 0.25) is 10.0 Å². The van der Waals surface area contributed by atoms with Gasteiger partial charge in [0, 0.05) is 13.1 Å². The van der Waals surface area contributed by atoms with Crippen molar-refractivity contribution in [3.05, 3.63) is 35.1 Å². The van der Waals surface area contributed by atoms with Gasteiger partial charge in [0.05, 0.1) is 11.8 Å². The maximum Gasteiger partial charge on any atom is 0.416 e. The van der Waals surface area contributed by atoms with Crippen molar-refractivity contribution in [2.75, 3.05) is 19.3 Å². The van der Waals surface area contributed by atoms with Gasteiger partial charge >= 0.3 is 6.18 Å². The molecule has 0 spiro atoms. The molecule has 0 amide bonds. The summed E-state index contributed by atoms with van der Waals surface area (Å²) in [5.41, 5.74) is -0.851. The van der Waals surface area contributed by atoms with Crippen LogP contribution in [0.25, 0.3) is 0 Å². The van der Waals surface area contributed by atoms with Crippen LogP contribution in [-0.2, 0) is 22.7 Å². The Morgan fingerprint density at radius 1 is 1.14 bits per heavy atom. The normalized spacial score (nSPS) is 12.6. The van der Waals surface area contributed by atoms with Crippen molar-refractivity contribution in [3.63, 3.8) is 0 Å². The molecule has 1 aromatic rings. The van der Waals surface area contributed by atoms with E-state index in [1.54, 1.807) is 0 Å². The molecule has 21 heavy (non-hydrogen) atoms. The van der Waals surface area contributed by atoms with E-state index in [0.717, 1.165) is 18.4 Å². The Labute approximate surface area is 120 Å². The van der Waals surface area contributed by atoms with Crippen LogP contribution in [0.5, 0.6) is 0 Å². The summed E-state index contributed by atoms with van der Waals surface area (Å²) in [6, 6.07) is 2.35. The molecule has 0 aromatic heterocycles. The van der Waals surface area contributed by atoms with E-state index in [9.17, 15) is 26.0 Å². The number of nitrogens with one attached hydrogen (secondary N) is 2. The minimum Gasteiger partial charge on any atom is -0.313 e. The molecule has 0 radical (unpaired) electrons. The van der Waals surface area contributed by atoms with Crippen LogP contribution in [0.4, 0.5) is 17.6 Å². The van der Waals surface area contributed by atoms with Crippen LogP contribution in [0.3, 0.4) is 0 Å². The van der Waals surface area contributed by atoms with Crippen molar-refractivity contribution in [1.82, 2.24) is 10.0 Å². The Kier molecular flexibility index (Phi) is 6.11. The Morgan fingerprint density at radius 2 is 1.81 bits per heavy atom. The number of rotatable bonds is 7. The zero-order valence-corrected chi connectivity index (χ0v) is 12.1.